The quantitative estimate of drug-likeness (QED) is 0.899. The summed E-state index contributed by atoms with van der Waals surface area (Å²) in [4.78, 5) is 25.5. The second-order valence-electron chi connectivity index (χ2n) is 6.34. The lowest BCUT2D eigenvalue weighted by Gasteiger charge is -2.31. The topological polar surface area (TPSA) is 66.8 Å². The van der Waals surface area contributed by atoms with Crippen LogP contribution < -0.4 is 4.74 Å². The van der Waals surface area contributed by atoms with E-state index < -0.39 is 23.1 Å². The van der Waals surface area contributed by atoms with Crippen LogP contribution in [0.25, 0.3) is 0 Å². The molecule has 1 saturated heterocycles. The average Bonchev–Trinajstić information content (AvgIpc) is 3.01. The van der Waals surface area contributed by atoms with E-state index in [2.05, 4.69) is 0 Å². The number of rotatable bonds is 4. The molecule has 1 unspecified atom stereocenters. The van der Waals surface area contributed by atoms with Crippen LogP contribution in [0.5, 0.6) is 11.5 Å². The van der Waals surface area contributed by atoms with Crippen molar-refractivity contribution in [2.45, 2.75) is 25.3 Å². The zero-order chi connectivity index (χ0) is 18.9. The Balaban J connectivity index is 1.77. The molecule has 1 heterocycles. The van der Waals surface area contributed by atoms with Gasteiger partial charge in [0.15, 0.2) is 11.6 Å². The summed E-state index contributed by atoms with van der Waals surface area (Å²) in [6.45, 7) is 1.91. The van der Waals surface area contributed by atoms with E-state index in [0.717, 1.165) is 6.07 Å². The highest BCUT2D eigenvalue weighted by molar-refractivity contribution is 5.98. The molecule has 0 bridgehead atoms. The molecule has 5 nitrogen and oxygen atoms in total. The van der Waals surface area contributed by atoms with Gasteiger partial charge in [0.25, 0.3) is 5.91 Å². The third-order valence-electron chi connectivity index (χ3n) is 4.57. The molecule has 1 aliphatic rings. The van der Waals surface area contributed by atoms with Crippen LogP contribution in [0.15, 0.2) is 42.5 Å². The minimum atomic E-state index is -1.22. The third kappa shape index (κ3) is 3.24. The zero-order valence-corrected chi connectivity index (χ0v) is 14.0. The number of hydrogen-bond donors (Lipinski definition) is 1. The Morgan fingerprint density at radius 1 is 1.15 bits per heavy atom. The van der Waals surface area contributed by atoms with Crippen LogP contribution in [0.1, 0.15) is 30.1 Å². The van der Waals surface area contributed by atoms with Gasteiger partial charge in [0.1, 0.15) is 17.1 Å². The molecule has 7 heteroatoms. The van der Waals surface area contributed by atoms with Gasteiger partial charge >= 0.3 is 5.97 Å². The number of benzene rings is 2. The van der Waals surface area contributed by atoms with Gasteiger partial charge in [0, 0.05) is 18.2 Å². The molecule has 3 rings (SSSR count). The molecule has 2 aromatic rings. The van der Waals surface area contributed by atoms with Crippen molar-refractivity contribution in [1.82, 2.24) is 4.90 Å². The molecule has 0 aliphatic carbocycles. The van der Waals surface area contributed by atoms with Gasteiger partial charge in [-0.15, -0.1) is 0 Å². The van der Waals surface area contributed by atoms with Crippen molar-refractivity contribution in [2.75, 3.05) is 6.54 Å². The Bertz CT molecular complexity index is 853. The molecule has 1 aliphatic heterocycles. The molecular weight excluding hydrogens is 344 g/mol. The van der Waals surface area contributed by atoms with Crippen molar-refractivity contribution >= 4 is 11.9 Å². The number of ether oxygens (including phenoxy) is 1. The highest BCUT2D eigenvalue weighted by Crippen LogP contribution is 2.31. The number of halogens is 2. The Hall–Kier alpha value is -2.96. The molecule has 1 N–H and O–H groups in total. The molecule has 1 amide bonds. The fourth-order valence-electron chi connectivity index (χ4n) is 3.02. The molecule has 2 aromatic carbocycles. The van der Waals surface area contributed by atoms with Crippen LogP contribution in [0.4, 0.5) is 8.78 Å². The van der Waals surface area contributed by atoms with E-state index in [1.54, 1.807) is 0 Å². The minimum Gasteiger partial charge on any atom is -0.480 e. The van der Waals surface area contributed by atoms with Gasteiger partial charge < -0.3 is 14.7 Å². The second kappa shape index (κ2) is 6.74. The first-order valence-electron chi connectivity index (χ1n) is 8.09. The van der Waals surface area contributed by atoms with Gasteiger partial charge in [-0.25, -0.2) is 13.6 Å². The van der Waals surface area contributed by atoms with Crippen LogP contribution in [0.2, 0.25) is 0 Å². The normalized spacial score (nSPS) is 19.4. The van der Waals surface area contributed by atoms with Gasteiger partial charge in [-0.2, -0.15) is 0 Å². The minimum absolute atomic E-state index is 0.136. The van der Waals surface area contributed by atoms with Gasteiger partial charge in [0.05, 0.1) is 0 Å². The molecule has 0 aromatic heterocycles. The summed E-state index contributed by atoms with van der Waals surface area (Å²) >= 11 is 0. The van der Waals surface area contributed by atoms with Crippen LogP contribution in [-0.4, -0.2) is 34.0 Å². The maximum atomic E-state index is 13.6. The van der Waals surface area contributed by atoms with E-state index in [-0.39, 0.29) is 17.4 Å². The van der Waals surface area contributed by atoms with Gasteiger partial charge in [-0.1, -0.05) is 0 Å². The predicted octanol–water partition coefficient (Wildman–Crippen LogP) is 3.84. The van der Waals surface area contributed by atoms with E-state index in [4.69, 9.17) is 4.74 Å². The number of hydrogen-bond acceptors (Lipinski definition) is 3. The summed E-state index contributed by atoms with van der Waals surface area (Å²) in [5.74, 6) is -2.82. The van der Waals surface area contributed by atoms with Crippen molar-refractivity contribution in [3.8, 4) is 11.5 Å². The third-order valence-corrected chi connectivity index (χ3v) is 4.57. The number of aliphatic carboxylic acids is 1. The van der Waals surface area contributed by atoms with Crippen molar-refractivity contribution in [3.05, 3.63) is 59.7 Å². The summed E-state index contributed by atoms with van der Waals surface area (Å²) in [5, 5.41) is 9.42. The first-order chi connectivity index (χ1) is 12.3. The molecular formula is C19H17F2NO4. The SMILES string of the molecule is CC1(C(=O)O)CCCN1C(=O)c1ccc(Oc2ccc(F)cc2F)cc1. The number of carbonyl (C=O) groups is 2. The summed E-state index contributed by atoms with van der Waals surface area (Å²) in [7, 11) is 0. The Morgan fingerprint density at radius 2 is 1.85 bits per heavy atom. The molecule has 0 spiro atoms. The van der Waals surface area contributed by atoms with E-state index in [9.17, 15) is 23.5 Å². The molecule has 0 radical (unpaired) electrons. The van der Waals surface area contributed by atoms with Crippen molar-refractivity contribution in [3.63, 3.8) is 0 Å². The molecule has 1 atom stereocenters. The Kier molecular flexibility index (Phi) is 4.63. The Labute approximate surface area is 148 Å². The van der Waals surface area contributed by atoms with Gasteiger partial charge in [0.2, 0.25) is 0 Å². The van der Waals surface area contributed by atoms with Crippen LogP contribution in [0.3, 0.4) is 0 Å². The standard InChI is InChI=1S/C19H17F2NO4/c1-19(18(24)25)9-2-10-22(19)17(23)12-3-6-14(7-4-12)26-16-8-5-13(20)11-15(16)21/h3-8,11H,2,9-10H2,1H3,(H,24,25). The maximum Gasteiger partial charge on any atom is 0.329 e. The molecule has 1 fully saturated rings. The number of carboxylic acids is 1. The summed E-state index contributed by atoms with van der Waals surface area (Å²) < 4.78 is 31.9. The highest BCUT2D eigenvalue weighted by Gasteiger charge is 2.46. The fraction of sp³-hybridized carbons (Fsp3) is 0.263. The lowest BCUT2D eigenvalue weighted by Crippen LogP contribution is -2.50. The first kappa shape index (κ1) is 17.8. The predicted molar refractivity (Wildman–Crippen MR) is 89.2 cm³/mol. The zero-order valence-electron chi connectivity index (χ0n) is 14.0. The van der Waals surface area contributed by atoms with Crippen LogP contribution in [-0.2, 0) is 4.79 Å². The number of likely N-dealkylation sites (tertiary alicyclic amines) is 1. The van der Waals surface area contributed by atoms with Crippen molar-refractivity contribution in [2.24, 2.45) is 0 Å². The fourth-order valence-corrected chi connectivity index (χ4v) is 3.02. The van der Waals surface area contributed by atoms with Gasteiger partial charge in [-0.3, -0.25) is 4.79 Å². The Morgan fingerprint density at radius 3 is 2.46 bits per heavy atom. The molecule has 26 heavy (non-hydrogen) atoms. The largest absolute Gasteiger partial charge is 0.480 e. The summed E-state index contributed by atoms with van der Waals surface area (Å²) in [6.07, 6.45) is 1.03. The van der Waals surface area contributed by atoms with Crippen molar-refractivity contribution < 1.29 is 28.2 Å². The number of carbonyl (C=O) groups excluding carboxylic acids is 1. The highest BCUT2D eigenvalue weighted by atomic mass is 19.1. The first-order valence-corrected chi connectivity index (χ1v) is 8.09. The van der Waals surface area contributed by atoms with E-state index in [1.807, 2.05) is 0 Å². The monoisotopic (exact) mass is 361 g/mol. The van der Waals surface area contributed by atoms with Gasteiger partial charge in [-0.05, 0) is 56.2 Å². The van der Waals surface area contributed by atoms with E-state index in [0.29, 0.717) is 31.0 Å². The lowest BCUT2D eigenvalue weighted by atomic mass is 9.98. The number of amides is 1. The molecule has 136 valence electrons. The lowest BCUT2D eigenvalue weighted by molar-refractivity contribution is -0.147. The van der Waals surface area contributed by atoms with Crippen molar-refractivity contribution in [1.29, 1.82) is 0 Å². The molecule has 0 saturated carbocycles. The maximum absolute atomic E-state index is 13.6. The average molecular weight is 361 g/mol. The van der Waals surface area contributed by atoms with E-state index >= 15 is 0 Å². The van der Waals surface area contributed by atoms with Crippen LogP contribution >= 0.6 is 0 Å². The van der Waals surface area contributed by atoms with Crippen LogP contribution in [0, 0.1) is 11.6 Å². The smallest absolute Gasteiger partial charge is 0.329 e. The summed E-state index contributed by atoms with van der Waals surface area (Å²) in [6, 6.07) is 8.89. The summed E-state index contributed by atoms with van der Waals surface area (Å²) in [5.41, 5.74) is -0.907. The number of carboxylic acid groups (broad SMARTS) is 1. The van der Waals surface area contributed by atoms with E-state index in [1.165, 1.54) is 42.2 Å². The number of nitrogens with zero attached hydrogens (tertiary/aromatic N) is 1. The second-order valence-corrected chi connectivity index (χ2v) is 6.34.